The highest BCUT2D eigenvalue weighted by atomic mass is 127. The molecule has 0 bridgehead atoms. The first-order chi connectivity index (χ1) is 21.4. The van der Waals surface area contributed by atoms with E-state index in [1.807, 2.05) is 42.9 Å². The summed E-state index contributed by atoms with van der Waals surface area (Å²) >= 11 is 0. The number of aromatic nitrogens is 1. The average molecular weight is 751 g/mol. The molecule has 1 heterocycles. The van der Waals surface area contributed by atoms with E-state index in [4.69, 9.17) is 15.2 Å². The molecule has 0 aliphatic carbocycles. The number of nitrogens with one attached hydrogen (secondary N) is 2. The number of nitrogens with two attached hydrogens (primary N) is 1. The third-order valence-corrected chi connectivity index (χ3v) is 7.27. The van der Waals surface area contributed by atoms with Gasteiger partial charge in [-0.25, -0.2) is 14.2 Å². The number of alkyl carbamates (subject to hydrolysis) is 1. The van der Waals surface area contributed by atoms with Crippen molar-refractivity contribution in [3.05, 3.63) is 30.1 Å². The summed E-state index contributed by atoms with van der Waals surface area (Å²) in [5, 5.41) is 5.49. The Balaban J connectivity index is 0. The Morgan fingerprint density at radius 2 is 1.29 bits per heavy atom. The van der Waals surface area contributed by atoms with Crippen molar-refractivity contribution in [1.29, 1.82) is 0 Å². The van der Waals surface area contributed by atoms with Crippen LogP contribution in [-0.2, 0) is 20.8 Å². The van der Waals surface area contributed by atoms with Crippen LogP contribution in [0.3, 0.4) is 0 Å². The lowest BCUT2D eigenvalue weighted by molar-refractivity contribution is -0.693. The molecule has 0 radical (unpaired) electrons. The molecule has 0 spiro atoms. The summed E-state index contributed by atoms with van der Waals surface area (Å²) in [5.41, 5.74) is 5.61. The molecule has 0 saturated heterocycles. The van der Waals surface area contributed by atoms with Gasteiger partial charge in [0.25, 0.3) is 5.91 Å². The van der Waals surface area contributed by atoms with Crippen molar-refractivity contribution >= 4 is 18.1 Å². The summed E-state index contributed by atoms with van der Waals surface area (Å²) in [6.45, 7) is 8.34. The first-order valence-electron chi connectivity index (χ1n) is 17.0. The van der Waals surface area contributed by atoms with Gasteiger partial charge < -0.3 is 54.6 Å². The van der Waals surface area contributed by atoms with Gasteiger partial charge in [0.1, 0.15) is 31.4 Å². The fourth-order valence-electron chi connectivity index (χ4n) is 4.56. The van der Waals surface area contributed by atoms with Gasteiger partial charge in [-0.05, 0) is 26.3 Å². The standard InChI is InChI=1S/C24H48N2O5.C10H14N2O.HI/c1-3-4-5-6-7-8-9-10-11-12-13-14-15-16-17-18-19-26-24(28)31-21-22(29-2)20-30-23(25)27;1-3-11-10(13)9-6-5-7-12(4-2)8-9;/h22H,3-21H2,1-2H3,(H2,25,27)(H,26,28);5-8H,3-4H2,1-2H3;1H. The van der Waals surface area contributed by atoms with Gasteiger partial charge in [0, 0.05) is 26.3 Å². The number of primary amides is 1. The van der Waals surface area contributed by atoms with Crippen molar-refractivity contribution in [2.75, 3.05) is 33.4 Å². The van der Waals surface area contributed by atoms with Crippen molar-refractivity contribution in [1.82, 2.24) is 10.6 Å². The van der Waals surface area contributed by atoms with E-state index in [2.05, 4.69) is 22.3 Å². The van der Waals surface area contributed by atoms with Gasteiger partial charge in [0.05, 0.1) is 0 Å². The Bertz CT molecular complexity index is 862. The number of aryl methyl sites for hydroxylation is 1. The van der Waals surface area contributed by atoms with E-state index in [0.29, 0.717) is 18.7 Å². The van der Waals surface area contributed by atoms with Crippen LogP contribution in [0.25, 0.3) is 0 Å². The largest absolute Gasteiger partial charge is 1.00 e. The molecule has 10 nitrogen and oxygen atoms in total. The predicted molar refractivity (Wildman–Crippen MR) is 176 cm³/mol. The highest BCUT2D eigenvalue weighted by molar-refractivity contribution is 5.93. The highest BCUT2D eigenvalue weighted by Gasteiger charge is 2.13. The number of unbranched alkanes of at least 4 members (excludes halogenated alkanes) is 15. The van der Waals surface area contributed by atoms with E-state index in [0.717, 1.165) is 19.4 Å². The fraction of sp³-hybridized carbons (Fsp3) is 0.765. The molecule has 0 aliphatic heterocycles. The van der Waals surface area contributed by atoms with Crippen LogP contribution in [-0.4, -0.2) is 57.6 Å². The second-order valence-corrected chi connectivity index (χ2v) is 11.1. The minimum atomic E-state index is -0.880. The number of methoxy groups -OCH3 is 1. The Kier molecular flexibility index (Phi) is 33.2. The molecule has 4 N–H and O–H groups in total. The van der Waals surface area contributed by atoms with E-state index in [1.54, 1.807) is 0 Å². The first-order valence-corrected chi connectivity index (χ1v) is 17.0. The van der Waals surface area contributed by atoms with Gasteiger partial charge in [0.15, 0.2) is 12.4 Å². The number of hydrogen-bond acceptors (Lipinski definition) is 6. The molecule has 0 saturated carbocycles. The molecule has 11 heteroatoms. The van der Waals surface area contributed by atoms with Crippen LogP contribution in [0.2, 0.25) is 0 Å². The number of hydrogen-bond donors (Lipinski definition) is 3. The van der Waals surface area contributed by atoms with Crippen LogP contribution in [0, 0.1) is 0 Å². The van der Waals surface area contributed by atoms with Gasteiger partial charge in [-0.15, -0.1) is 0 Å². The highest BCUT2D eigenvalue weighted by Crippen LogP contribution is 2.13. The summed E-state index contributed by atoms with van der Waals surface area (Å²) in [6, 6.07) is 3.70. The molecule has 45 heavy (non-hydrogen) atoms. The van der Waals surface area contributed by atoms with Crippen LogP contribution in [0.5, 0.6) is 0 Å². The van der Waals surface area contributed by atoms with Gasteiger partial charge in [-0.2, -0.15) is 0 Å². The topological polar surface area (TPSA) is 133 Å². The summed E-state index contributed by atoms with van der Waals surface area (Å²) < 4.78 is 16.7. The van der Waals surface area contributed by atoms with Gasteiger partial charge in [-0.3, -0.25) is 4.79 Å². The number of ether oxygens (including phenoxy) is 3. The number of carbonyl (C=O) groups excluding carboxylic acids is 3. The van der Waals surface area contributed by atoms with Crippen molar-refractivity contribution in [2.45, 2.75) is 136 Å². The Hall–Kier alpha value is -2.15. The number of halogens is 1. The second-order valence-electron chi connectivity index (χ2n) is 11.1. The molecular weight excluding hydrogens is 687 g/mol. The molecule has 0 fully saturated rings. The third-order valence-electron chi connectivity index (χ3n) is 7.27. The van der Waals surface area contributed by atoms with E-state index < -0.39 is 18.3 Å². The molecular formula is C34H63IN4O6. The van der Waals surface area contributed by atoms with Gasteiger partial charge in [-0.1, -0.05) is 103 Å². The van der Waals surface area contributed by atoms with Crippen molar-refractivity contribution in [3.8, 4) is 0 Å². The molecule has 262 valence electrons. The van der Waals surface area contributed by atoms with Crippen molar-refractivity contribution < 1.29 is 57.1 Å². The van der Waals surface area contributed by atoms with Crippen LogP contribution in [0.1, 0.15) is 134 Å². The third kappa shape index (κ3) is 29.0. The molecule has 1 unspecified atom stereocenters. The summed E-state index contributed by atoms with van der Waals surface area (Å²) in [6.07, 6.45) is 23.1. The number of pyridine rings is 1. The second kappa shape index (κ2) is 33.2. The van der Waals surface area contributed by atoms with Crippen molar-refractivity contribution in [3.63, 3.8) is 0 Å². The molecule has 3 amide bonds. The summed E-state index contributed by atoms with van der Waals surface area (Å²) in [5.74, 6) is -0.00898. The zero-order valence-electron chi connectivity index (χ0n) is 28.6. The van der Waals surface area contributed by atoms with E-state index >= 15 is 0 Å². The molecule has 0 aromatic carbocycles. The summed E-state index contributed by atoms with van der Waals surface area (Å²) in [4.78, 5) is 33.6. The maximum atomic E-state index is 11.6. The van der Waals surface area contributed by atoms with Crippen LogP contribution >= 0.6 is 0 Å². The molecule has 0 aliphatic rings. The number of carbonyl (C=O) groups is 3. The minimum Gasteiger partial charge on any atom is -1.00 e. The number of nitrogens with zero attached hydrogens (tertiary/aromatic N) is 1. The van der Waals surface area contributed by atoms with Gasteiger partial charge >= 0.3 is 12.2 Å². The number of rotatable bonds is 25. The lowest BCUT2D eigenvalue weighted by Gasteiger charge is -2.15. The number of amides is 3. The van der Waals surface area contributed by atoms with E-state index in [1.165, 1.54) is 97.0 Å². The average Bonchev–Trinajstić information content (AvgIpc) is 3.03. The van der Waals surface area contributed by atoms with Crippen molar-refractivity contribution in [2.24, 2.45) is 5.73 Å². The molecule has 1 aromatic heterocycles. The van der Waals surface area contributed by atoms with E-state index in [-0.39, 0.29) is 43.1 Å². The van der Waals surface area contributed by atoms with Crippen LogP contribution < -0.4 is 44.9 Å². The maximum absolute atomic E-state index is 11.6. The normalized spacial score (nSPS) is 10.9. The zero-order valence-corrected chi connectivity index (χ0v) is 30.7. The Morgan fingerprint density at radius 1 is 0.778 bits per heavy atom. The lowest BCUT2D eigenvalue weighted by atomic mass is 10.0. The summed E-state index contributed by atoms with van der Waals surface area (Å²) in [7, 11) is 1.45. The van der Waals surface area contributed by atoms with Crippen LogP contribution in [0.4, 0.5) is 9.59 Å². The maximum Gasteiger partial charge on any atom is 0.407 e. The minimum absolute atomic E-state index is 0. The van der Waals surface area contributed by atoms with E-state index in [9.17, 15) is 14.4 Å². The lowest BCUT2D eigenvalue weighted by Crippen LogP contribution is -3.00. The molecule has 1 rings (SSSR count). The smallest absolute Gasteiger partial charge is 0.407 e. The molecule has 1 aromatic rings. The monoisotopic (exact) mass is 750 g/mol. The first kappa shape index (κ1) is 45.0. The van der Waals surface area contributed by atoms with Gasteiger partial charge in [0.2, 0.25) is 0 Å². The fourth-order valence-corrected chi connectivity index (χ4v) is 4.56. The zero-order chi connectivity index (χ0) is 32.7. The Labute approximate surface area is 290 Å². The quantitative estimate of drug-likeness (QED) is 0.0792. The SMILES string of the molecule is CCCCCCCCCCCCCCCCCCNC(=O)OCC(COC(N)=O)OC.CCNC(=O)c1ccc[n+](CC)c1.[I-]. The predicted octanol–water partition coefficient (Wildman–Crippen LogP) is 3.83. The Morgan fingerprint density at radius 3 is 1.76 bits per heavy atom. The van der Waals surface area contributed by atoms with Crippen LogP contribution in [0.15, 0.2) is 24.5 Å². The molecule has 1 atom stereocenters.